The molecule has 3 aromatic carbocycles. The minimum absolute atomic E-state index is 0.148. The summed E-state index contributed by atoms with van der Waals surface area (Å²) in [5.74, 6) is 0.605. The van der Waals surface area contributed by atoms with Crippen LogP contribution < -0.4 is 19.9 Å². The van der Waals surface area contributed by atoms with Crippen LogP contribution in [0.4, 0.5) is 11.5 Å². The third-order valence-electron chi connectivity index (χ3n) is 6.38. The van der Waals surface area contributed by atoms with E-state index in [9.17, 15) is 18.3 Å². The number of ether oxygens (including phenoxy) is 2. The van der Waals surface area contributed by atoms with Crippen molar-refractivity contribution >= 4 is 44.6 Å². The number of nitrogen functional groups attached to an aromatic ring is 1. The van der Waals surface area contributed by atoms with Gasteiger partial charge in [-0.05, 0) is 60.0 Å². The maximum Gasteiger partial charge on any atom is 0.303 e. The second-order valence-corrected chi connectivity index (χ2v) is 11.6. The van der Waals surface area contributed by atoms with Gasteiger partial charge in [-0.3, -0.25) is 9.52 Å². The van der Waals surface area contributed by atoms with E-state index in [4.69, 9.17) is 26.8 Å². The summed E-state index contributed by atoms with van der Waals surface area (Å²) in [7, 11) is -1.96. The molecule has 11 nitrogen and oxygen atoms in total. The molecule has 216 valence electrons. The summed E-state index contributed by atoms with van der Waals surface area (Å²) in [6.45, 7) is 0. The molecule has 0 radical (unpaired) electrons. The number of sulfonamides is 1. The molecule has 0 atom stereocenters. The highest BCUT2D eigenvalue weighted by atomic mass is 35.5. The number of rotatable bonds is 10. The molecule has 4 N–H and O–H groups in total. The van der Waals surface area contributed by atoms with Gasteiger partial charge in [0, 0.05) is 28.3 Å². The van der Waals surface area contributed by atoms with Gasteiger partial charge < -0.3 is 20.3 Å². The quantitative estimate of drug-likeness (QED) is 0.187. The minimum atomic E-state index is -3.47. The maximum atomic E-state index is 11.7. The SMILES string of the molecule is COc1cc(-c2c(CCC(=O)O)c(-c3ccc(NS(C)(=O)=O)cc3)n3ncnc(N)c23)ccc1Oc1cccc(Cl)c1. The first-order valence-corrected chi connectivity index (χ1v) is 14.9. The van der Waals surface area contributed by atoms with Gasteiger partial charge in [0.05, 0.1) is 19.1 Å². The second kappa shape index (κ2) is 11.6. The van der Waals surface area contributed by atoms with Crippen molar-refractivity contribution in [3.63, 3.8) is 0 Å². The zero-order valence-corrected chi connectivity index (χ0v) is 24.1. The van der Waals surface area contributed by atoms with E-state index in [1.165, 1.54) is 13.4 Å². The van der Waals surface area contributed by atoms with Crippen LogP contribution in [0.5, 0.6) is 17.2 Å². The zero-order chi connectivity index (χ0) is 30.0. The molecule has 2 heterocycles. The van der Waals surface area contributed by atoms with Crippen LogP contribution in [0.2, 0.25) is 5.02 Å². The number of fused-ring (bicyclic) bond motifs is 1. The molecule has 0 unspecified atom stereocenters. The maximum absolute atomic E-state index is 11.7. The topological polar surface area (TPSA) is 158 Å². The third-order valence-corrected chi connectivity index (χ3v) is 7.22. The zero-order valence-electron chi connectivity index (χ0n) is 22.5. The van der Waals surface area contributed by atoms with Crippen LogP contribution >= 0.6 is 11.6 Å². The number of hydrogen-bond donors (Lipinski definition) is 3. The molecule has 5 rings (SSSR count). The summed E-state index contributed by atoms with van der Waals surface area (Å²) in [6, 6.07) is 19.0. The van der Waals surface area contributed by atoms with E-state index < -0.39 is 16.0 Å². The summed E-state index contributed by atoms with van der Waals surface area (Å²) >= 11 is 6.11. The van der Waals surface area contributed by atoms with Crippen molar-refractivity contribution in [3.05, 3.63) is 83.6 Å². The number of methoxy groups -OCH3 is 1. The average molecular weight is 608 g/mol. The van der Waals surface area contributed by atoms with Crippen molar-refractivity contribution in [2.75, 3.05) is 23.8 Å². The molecular formula is C29H26ClN5O6S. The molecule has 0 saturated carbocycles. The van der Waals surface area contributed by atoms with Crippen LogP contribution in [0, 0.1) is 0 Å². The molecule has 0 spiro atoms. The molecule has 0 aliphatic carbocycles. The van der Waals surface area contributed by atoms with Gasteiger partial charge in [0.25, 0.3) is 0 Å². The van der Waals surface area contributed by atoms with Gasteiger partial charge in [-0.15, -0.1) is 0 Å². The number of aliphatic carboxylic acids is 1. The van der Waals surface area contributed by atoms with Crippen LogP contribution in [-0.4, -0.2) is 47.5 Å². The first-order valence-electron chi connectivity index (χ1n) is 12.6. The van der Waals surface area contributed by atoms with Crippen LogP contribution in [0.1, 0.15) is 12.0 Å². The van der Waals surface area contributed by atoms with Crippen molar-refractivity contribution in [1.29, 1.82) is 0 Å². The van der Waals surface area contributed by atoms with E-state index in [2.05, 4.69) is 14.8 Å². The summed E-state index contributed by atoms with van der Waals surface area (Å²) < 4.78 is 39.1. The Morgan fingerprint density at radius 2 is 1.81 bits per heavy atom. The fourth-order valence-corrected chi connectivity index (χ4v) is 5.46. The van der Waals surface area contributed by atoms with Gasteiger partial charge in [0.1, 0.15) is 17.6 Å². The van der Waals surface area contributed by atoms with Crippen LogP contribution in [0.3, 0.4) is 0 Å². The molecular weight excluding hydrogens is 582 g/mol. The normalized spacial score (nSPS) is 11.4. The van der Waals surface area contributed by atoms with Gasteiger partial charge in [0.15, 0.2) is 17.3 Å². The Morgan fingerprint density at radius 1 is 1.07 bits per heavy atom. The number of nitrogens with two attached hydrogens (primary N) is 1. The average Bonchev–Trinajstić information content (AvgIpc) is 3.27. The number of nitrogens with one attached hydrogen (secondary N) is 1. The van der Waals surface area contributed by atoms with Crippen molar-refractivity contribution in [3.8, 4) is 39.6 Å². The summed E-state index contributed by atoms with van der Waals surface area (Å²) in [6.07, 6.45) is 2.37. The lowest BCUT2D eigenvalue weighted by molar-refractivity contribution is -0.136. The highest BCUT2D eigenvalue weighted by Crippen LogP contribution is 2.43. The van der Waals surface area contributed by atoms with Crippen LogP contribution in [-0.2, 0) is 21.2 Å². The number of carboxylic acids is 1. The molecule has 0 bridgehead atoms. The molecule has 0 aliphatic heterocycles. The van der Waals surface area contributed by atoms with E-state index in [-0.39, 0.29) is 18.7 Å². The number of benzene rings is 3. The molecule has 0 fully saturated rings. The Morgan fingerprint density at radius 3 is 2.48 bits per heavy atom. The fraction of sp³-hybridized carbons (Fsp3) is 0.138. The summed E-state index contributed by atoms with van der Waals surface area (Å²) in [5.41, 5.74) is 10.5. The summed E-state index contributed by atoms with van der Waals surface area (Å²) in [4.78, 5) is 15.9. The Kier molecular flexibility index (Phi) is 7.92. The Labute approximate surface area is 246 Å². The Hall–Kier alpha value is -4.81. The molecule has 0 saturated heterocycles. The molecule has 42 heavy (non-hydrogen) atoms. The number of anilines is 2. The smallest absolute Gasteiger partial charge is 0.303 e. The van der Waals surface area contributed by atoms with Gasteiger partial charge in [0.2, 0.25) is 10.0 Å². The molecule has 2 aromatic heterocycles. The Balaban J connectivity index is 1.70. The van der Waals surface area contributed by atoms with Crippen molar-refractivity contribution in [2.24, 2.45) is 0 Å². The van der Waals surface area contributed by atoms with Gasteiger partial charge in [-0.1, -0.05) is 35.9 Å². The summed E-state index contributed by atoms with van der Waals surface area (Å²) in [5, 5.41) is 14.6. The predicted molar refractivity (Wildman–Crippen MR) is 161 cm³/mol. The number of hydrogen-bond acceptors (Lipinski definition) is 8. The lowest BCUT2D eigenvalue weighted by Gasteiger charge is -2.13. The van der Waals surface area contributed by atoms with Gasteiger partial charge >= 0.3 is 5.97 Å². The second-order valence-electron chi connectivity index (χ2n) is 9.38. The van der Waals surface area contributed by atoms with E-state index >= 15 is 0 Å². The number of aromatic nitrogens is 3. The lowest BCUT2D eigenvalue weighted by atomic mass is 9.95. The van der Waals surface area contributed by atoms with Crippen molar-refractivity contribution < 1.29 is 27.8 Å². The molecule has 0 amide bonds. The largest absolute Gasteiger partial charge is 0.493 e. The van der Waals surface area contributed by atoms with E-state index in [0.717, 1.165) is 6.26 Å². The van der Waals surface area contributed by atoms with E-state index in [0.29, 0.717) is 61.4 Å². The van der Waals surface area contributed by atoms with Crippen molar-refractivity contribution in [1.82, 2.24) is 14.6 Å². The molecule has 5 aromatic rings. The van der Waals surface area contributed by atoms with Crippen LogP contribution in [0.15, 0.2) is 73.1 Å². The number of nitrogens with zero attached hydrogens (tertiary/aromatic N) is 3. The third kappa shape index (κ3) is 6.09. The number of carbonyl (C=O) groups is 1. The van der Waals surface area contributed by atoms with Crippen molar-refractivity contribution in [2.45, 2.75) is 12.8 Å². The minimum Gasteiger partial charge on any atom is -0.493 e. The highest BCUT2D eigenvalue weighted by Gasteiger charge is 2.25. The fourth-order valence-electron chi connectivity index (χ4n) is 4.72. The Bertz CT molecular complexity index is 1910. The lowest BCUT2D eigenvalue weighted by Crippen LogP contribution is -2.09. The molecule has 0 aliphatic rings. The van der Waals surface area contributed by atoms with Gasteiger partial charge in [-0.25, -0.2) is 17.9 Å². The highest BCUT2D eigenvalue weighted by molar-refractivity contribution is 7.92. The van der Waals surface area contributed by atoms with Gasteiger partial charge in [-0.2, -0.15) is 5.10 Å². The first kappa shape index (κ1) is 28.7. The van der Waals surface area contributed by atoms with Crippen LogP contribution in [0.25, 0.3) is 27.9 Å². The predicted octanol–water partition coefficient (Wildman–Crippen LogP) is 5.49. The van der Waals surface area contributed by atoms with E-state index in [1.807, 2.05) is 6.07 Å². The number of carboxylic acid groups (broad SMARTS) is 1. The molecule has 13 heteroatoms. The number of halogens is 1. The first-order chi connectivity index (χ1) is 20.0. The van der Waals surface area contributed by atoms with E-state index in [1.54, 1.807) is 65.2 Å². The standard InChI is InChI=1S/C29H26ClN5O6S/c1-40-24-14-18(8-12-23(24)41-21-5-3-4-19(30)15-21)26-22(11-13-25(36)37)27(35-28(26)29(31)32-16-33-35)17-6-9-20(10-7-17)34-42(2,38)39/h3-10,12,14-16,34H,11,13H2,1-2H3,(H,36,37)(H2,31,32,33). The monoisotopic (exact) mass is 607 g/mol.